The van der Waals surface area contributed by atoms with E-state index in [-0.39, 0.29) is 5.91 Å². The highest BCUT2D eigenvalue weighted by molar-refractivity contribution is 5.86. The lowest BCUT2D eigenvalue weighted by Crippen LogP contribution is -2.36. The molecule has 0 aliphatic heterocycles. The van der Waals surface area contributed by atoms with Crippen molar-refractivity contribution in [1.29, 1.82) is 0 Å². The van der Waals surface area contributed by atoms with Gasteiger partial charge in [0.2, 0.25) is 5.91 Å². The van der Waals surface area contributed by atoms with Crippen LogP contribution in [0.5, 0.6) is 0 Å². The van der Waals surface area contributed by atoms with E-state index >= 15 is 0 Å². The van der Waals surface area contributed by atoms with E-state index in [9.17, 15) is 4.79 Å². The number of hydrogen-bond acceptors (Lipinski definition) is 1. The van der Waals surface area contributed by atoms with Crippen LogP contribution in [0.1, 0.15) is 25.0 Å². The molecule has 0 aromatic heterocycles. The van der Waals surface area contributed by atoms with Crippen molar-refractivity contribution >= 4 is 5.91 Å². The van der Waals surface area contributed by atoms with Crippen molar-refractivity contribution in [1.82, 2.24) is 0 Å². The molecule has 0 fully saturated rings. The zero-order valence-corrected chi connectivity index (χ0v) is 8.29. The van der Waals surface area contributed by atoms with Crippen LogP contribution in [0.3, 0.4) is 0 Å². The minimum absolute atomic E-state index is 0.290. The number of aryl methyl sites for hydroxylation is 1. The average Bonchev–Trinajstić information content (AvgIpc) is 2.04. The quantitative estimate of drug-likeness (QED) is 0.735. The molecular weight excluding hydrogens is 162 g/mol. The Kier molecular flexibility index (Phi) is 2.41. The van der Waals surface area contributed by atoms with Crippen LogP contribution in [0.25, 0.3) is 0 Å². The van der Waals surface area contributed by atoms with Gasteiger partial charge in [0, 0.05) is 0 Å². The fourth-order valence-electron chi connectivity index (χ4n) is 1.41. The monoisotopic (exact) mass is 177 g/mol. The van der Waals surface area contributed by atoms with Crippen LogP contribution >= 0.6 is 0 Å². The third kappa shape index (κ3) is 1.72. The predicted molar refractivity (Wildman–Crippen MR) is 53.4 cm³/mol. The van der Waals surface area contributed by atoms with Crippen molar-refractivity contribution in [2.24, 2.45) is 5.73 Å². The second-order valence-electron chi connectivity index (χ2n) is 3.80. The molecular formula is C11H15NO. The van der Waals surface area contributed by atoms with Gasteiger partial charge in [0.1, 0.15) is 0 Å². The molecule has 0 saturated heterocycles. The molecule has 1 amide bonds. The van der Waals surface area contributed by atoms with Crippen LogP contribution in [0.2, 0.25) is 0 Å². The fraction of sp³-hybridized carbons (Fsp3) is 0.364. The maximum atomic E-state index is 11.2. The molecule has 2 heteroatoms. The van der Waals surface area contributed by atoms with Crippen LogP contribution in [-0.2, 0) is 10.2 Å². The first-order valence-corrected chi connectivity index (χ1v) is 4.32. The molecule has 2 nitrogen and oxygen atoms in total. The summed E-state index contributed by atoms with van der Waals surface area (Å²) in [4.78, 5) is 11.2. The number of nitrogens with two attached hydrogens (primary N) is 1. The molecule has 70 valence electrons. The van der Waals surface area contributed by atoms with Gasteiger partial charge in [0.15, 0.2) is 0 Å². The summed E-state index contributed by atoms with van der Waals surface area (Å²) in [6.45, 7) is 5.68. The molecule has 0 saturated carbocycles. The van der Waals surface area contributed by atoms with E-state index in [1.54, 1.807) is 0 Å². The molecule has 0 spiro atoms. The Hall–Kier alpha value is -1.31. The molecule has 0 unspecified atom stereocenters. The zero-order valence-electron chi connectivity index (χ0n) is 8.29. The summed E-state index contributed by atoms with van der Waals surface area (Å²) in [7, 11) is 0. The molecule has 0 aliphatic carbocycles. The molecule has 13 heavy (non-hydrogen) atoms. The number of carbonyl (C=O) groups excluding carboxylic acids is 1. The number of hydrogen-bond donors (Lipinski definition) is 1. The maximum Gasteiger partial charge on any atom is 0.227 e. The highest BCUT2D eigenvalue weighted by Crippen LogP contribution is 2.25. The summed E-state index contributed by atoms with van der Waals surface area (Å²) in [5, 5.41) is 0. The first-order valence-electron chi connectivity index (χ1n) is 4.32. The third-order valence-electron chi connectivity index (χ3n) is 2.43. The van der Waals surface area contributed by atoms with Crippen molar-refractivity contribution in [3.63, 3.8) is 0 Å². The van der Waals surface area contributed by atoms with Gasteiger partial charge < -0.3 is 5.73 Å². The number of primary amides is 1. The Balaban J connectivity index is 3.22. The molecule has 1 rings (SSSR count). The topological polar surface area (TPSA) is 43.1 Å². The van der Waals surface area contributed by atoms with Crippen LogP contribution in [0, 0.1) is 6.92 Å². The average molecular weight is 177 g/mol. The number of amides is 1. The molecule has 1 aromatic rings. The minimum atomic E-state index is -0.578. The highest BCUT2D eigenvalue weighted by Gasteiger charge is 2.28. The first-order chi connectivity index (χ1) is 5.96. The van der Waals surface area contributed by atoms with Crippen LogP contribution < -0.4 is 5.73 Å². The van der Waals surface area contributed by atoms with E-state index in [1.807, 2.05) is 45.0 Å². The van der Waals surface area contributed by atoms with Crippen molar-refractivity contribution in [3.8, 4) is 0 Å². The Labute approximate surface area is 78.8 Å². The molecule has 1 aromatic carbocycles. The lowest BCUT2D eigenvalue weighted by atomic mass is 9.81. The normalized spacial score (nSPS) is 11.3. The highest BCUT2D eigenvalue weighted by atomic mass is 16.1. The lowest BCUT2D eigenvalue weighted by molar-refractivity contribution is -0.122. The van der Waals surface area contributed by atoms with Gasteiger partial charge in [-0.2, -0.15) is 0 Å². The summed E-state index contributed by atoms with van der Waals surface area (Å²) in [6, 6.07) is 7.81. The van der Waals surface area contributed by atoms with Crippen LogP contribution in [0.15, 0.2) is 24.3 Å². The molecule has 0 atom stereocenters. The number of benzene rings is 1. The molecule has 0 heterocycles. The van der Waals surface area contributed by atoms with E-state index in [2.05, 4.69) is 0 Å². The molecule has 2 N–H and O–H groups in total. The molecule has 0 radical (unpaired) electrons. The van der Waals surface area contributed by atoms with E-state index in [0.717, 1.165) is 11.1 Å². The van der Waals surface area contributed by atoms with Gasteiger partial charge in [-0.15, -0.1) is 0 Å². The second-order valence-corrected chi connectivity index (χ2v) is 3.80. The molecule has 0 bridgehead atoms. The summed E-state index contributed by atoms with van der Waals surface area (Å²) in [5.74, 6) is -0.290. The Morgan fingerprint density at radius 3 is 2.31 bits per heavy atom. The smallest absolute Gasteiger partial charge is 0.227 e. The first kappa shape index (κ1) is 9.78. The van der Waals surface area contributed by atoms with E-state index in [1.165, 1.54) is 0 Å². The number of rotatable bonds is 2. The van der Waals surface area contributed by atoms with Crippen LogP contribution in [-0.4, -0.2) is 5.91 Å². The fourth-order valence-corrected chi connectivity index (χ4v) is 1.41. The summed E-state index contributed by atoms with van der Waals surface area (Å²) < 4.78 is 0. The number of carbonyl (C=O) groups is 1. The Morgan fingerprint density at radius 2 is 1.85 bits per heavy atom. The Morgan fingerprint density at radius 1 is 1.31 bits per heavy atom. The zero-order chi connectivity index (χ0) is 10.1. The molecule has 0 aliphatic rings. The SMILES string of the molecule is Cc1ccccc1C(C)(C)C(N)=O. The van der Waals surface area contributed by atoms with Gasteiger partial charge in [-0.25, -0.2) is 0 Å². The summed E-state index contributed by atoms with van der Waals surface area (Å²) in [6.07, 6.45) is 0. The second kappa shape index (κ2) is 3.21. The van der Waals surface area contributed by atoms with Gasteiger partial charge in [-0.05, 0) is 31.9 Å². The largest absolute Gasteiger partial charge is 0.369 e. The van der Waals surface area contributed by atoms with Crippen molar-refractivity contribution < 1.29 is 4.79 Å². The van der Waals surface area contributed by atoms with Gasteiger partial charge >= 0.3 is 0 Å². The van der Waals surface area contributed by atoms with E-state index < -0.39 is 5.41 Å². The summed E-state index contributed by atoms with van der Waals surface area (Å²) in [5.41, 5.74) is 6.86. The van der Waals surface area contributed by atoms with Gasteiger partial charge in [-0.3, -0.25) is 4.79 Å². The Bertz CT molecular complexity index is 329. The predicted octanol–water partition coefficient (Wildman–Crippen LogP) is 1.76. The van der Waals surface area contributed by atoms with Crippen LogP contribution in [0.4, 0.5) is 0 Å². The van der Waals surface area contributed by atoms with E-state index in [0.29, 0.717) is 0 Å². The van der Waals surface area contributed by atoms with Gasteiger partial charge in [-0.1, -0.05) is 24.3 Å². The third-order valence-corrected chi connectivity index (χ3v) is 2.43. The van der Waals surface area contributed by atoms with Crippen molar-refractivity contribution in [3.05, 3.63) is 35.4 Å². The van der Waals surface area contributed by atoms with Crippen molar-refractivity contribution in [2.45, 2.75) is 26.2 Å². The van der Waals surface area contributed by atoms with E-state index in [4.69, 9.17) is 5.73 Å². The van der Waals surface area contributed by atoms with Gasteiger partial charge in [0.05, 0.1) is 5.41 Å². The summed E-state index contributed by atoms with van der Waals surface area (Å²) >= 11 is 0. The lowest BCUT2D eigenvalue weighted by Gasteiger charge is -2.22. The van der Waals surface area contributed by atoms with Crippen molar-refractivity contribution in [2.75, 3.05) is 0 Å². The maximum absolute atomic E-state index is 11.2. The van der Waals surface area contributed by atoms with Gasteiger partial charge in [0.25, 0.3) is 0 Å². The standard InChI is InChI=1S/C11H15NO/c1-8-6-4-5-7-9(8)11(2,3)10(12)13/h4-7H,1-3H3,(H2,12,13). The minimum Gasteiger partial charge on any atom is -0.369 e.